The van der Waals surface area contributed by atoms with Gasteiger partial charge in [0.2, 0.25) is 5.91 Å². The molecule has 4 heterocycles. The maximum atomic E-state index is 13.4. The fourth-order valence-corrected chi connectivity index (χ4v) is 5.16. The Morgan fingerprint density at radius 1 is 1.09 bits per heavy atom. The number of amides is 1. The Morgan fingerprint density at radius 2 is 1.91 bits per heavy atom. The smallest absolute Gasteiger partial charge is 0.233 e. The number of benzene rings is 1. The van der Waals surface area contributed by atoms with Crippen LogP contribution >= 0.6 is 11.8 Å². The number of nitrogens with zero attached hydrogens (tertiary/aromatic N) is 6. The number of aromatic nitrogens is 4. The Labute approximate surface area is 202 Å². The largest absolute Gasteiger partial charge is 0.376 e. The molecule has 8 nitrogen and oxygen atoms in total. The van der Waals surface area contributed by atoms with Crippen molar-refractivity contribution < 1.29 is 13.9 Å². The number of carbonyl (C=O) groups excluding carboxylic acids is 1. The molecule has 0 N–H and O–H groups in total. The average molecular weight is 483 g/mol. The van der Waals surface area contributed by atoms with Crippen molar-refractivity contribution in [2.75, 3.05) is 43.4 Å². The van der Waals surface area contributed by atoms with Gasteiger partial charge in [0.05, 0.1) is 18.4 Å². The number of thioether (sulfide) groups is 1. The summed E-state index contributed by atoms with van der Waals surface area (Å²) in [4.78, 5) is 21.4. The molecule has 2 saturated heterocycles. The van der Waals surface area contributed by atoms with Crippen molar-refractivity contribution in [2.24, 2.45) is 0 Å². The summed E-state index contributed by atoms with van der Waals surface area (Å²) in [7, 11) is 0. The van der Waals surface area contributed by atoms with Crippen LogP contribution < -0.4 is 4.90 Å². The lowest BCUT2D eigenvalue weighted by atomic mass is 10.2. The van der Waals surface area contributed by atoms with E-state index in [1.54, 1.807) is 18.3 Å². The van der Waals surface area contributed by atoms with Crippen LogP contribution in [0.25, 0.3) is 11.4 Å². The first-order valence-corrected chi connectivity index (χ1v) is 12.5. The van der Waals surface area contributed by atoms with Gasteiger partial charge in [0.1, 0.15) is 11.6 Å². The number of anilines is 1. The molecular formula is C24H27FN6O2S. The van der Waals surface area contributed by atoms with Gasteiger partial charge < -0.3 is 14.5 Å². The zero-order valence-electron chi connectivity index (χ0n) is 18.8. The van der Waals surface area contributed by atoms with Crippen LogP contribution in [0.4, 0.5) is 10.2 Å². The molecular weight excluding hydrogens is 455 g/mol. The monoisotopic (exact) mass is 482 g/mol. The molecule has 0 saturated carbocycles. The molecule has 34 heavy (non-hydrogen) atoms. The van der Waals surface area contributed by atoms with Crippen LogP contribution in [0.15, 0.2) is 53.8 Å². The molecule has 1 atom stereocenters. The molecule has 0 aliphatic carbocycles. The topological polar surface area (TPSA) is 76.4 Å². The maximum absolute atomic E-state index is 13.4. The van der Waals surface area contributed by atoms with E-state index in [9.17, 15) is 9.18 Å². The van der Waals surface area contributed by atoms with Crippen LogP contribution in [0.2, 0.25) is 0 Å². The Bertz CT molecular complexity index is 1100. The third kappa shape index (κ3) is 5.23. The Kier molecular flexibility index (Phi) is 7.05. The molecule has 178 valence electrons. The fraction of sp³-hybridized carbons (Fsp3) is 0.417. The second kappa shape index (κ2) is 10.5. The number of ether oxygens (including phenoxy) is 1. The molecule has 0 bridgehead atoms. The van der Waals surface area contributed by atoms with E-state index in [-0.39, 0.29) is 23.6 Å². The van der Waals surface area contributed by atoms with Crippen molar-refractivity contribution >= 4 is 23.5 Å². The summed E-state index contributed by atoms with van der Waals surface area (Å²) in [5.74, 6) is 1.68. The van der Waals surface area contributed by atoms with Gasteiger partial charge in [0.15, 0.2) is 11.0 Å². The highest BCUT2D eigenvalue weighted by Gasteiger charge is 2.25. The van der Waals surface area contributed by atoms with Gasteiger partial charge in [0.25, 0.3) is 0 Å². The first-order chi connectivity index (χ1) is 16.7. The normalized spacial score (nSPS) is 18.4. The van der Waals surface area contributed by atoms with Crippen LogP contribution in [0, 0.1) is 5.82 Å². The summed E-state index contributed by atoms with van der Waals surface area (Å²) in [5, 5.41) is 9.41. The number of hydrogen-bond donors (Lipinski definition) is 0. The minimum atomic E-state index is -0.294. The van der Waals surface area contributed by atoms with Crippen molar-refractivity contribution in [3.05, 3.63) is 54.5 Å². The molecule has 0 radical (unpaired) electrons. The molecule has 0 spiro atoms. The number of hydrogen-bond acceptors (Lipinski definition) is 7. The second-order valence-corrected chi connectivity index (χ2v) is 9.35. The summed E-state index contributed by atoms with van der Waals surface area (Å²) in [6, 6.07) is 12.1. The quantitative estimate of drug-likeness (QED) is 0.479. The molecule has 5 rings (SSSR count). The highest BCUT2D eigenvalue weighted by Crippen LogP contribution is 2.27. The van der Waals surface area contributed by atoms with Gasteiger partial charge in [-0.15, -0.1) is 10.2 Å². The number of halogens is 1. The Balaban J connectivity index is 1.24. The van der Waals surface area contributed by atoms with E-state index >= 15 is 0 Å². The van der Waals surface area contributed by atoms with Gasteiger partial charge >= 0.3 is 0 Å². The zero-order chi connectivity index (χ0) is 23.3. The molecule has 10 heteroatoms. The van der Waals surface area contributed by atoms with E-state index in [2.05, 4.69) is 20.1 Å². The van der Waals surface area contributed by atoms with Crippen molar-refractivity contribution in [2.45, 2.75) is 30.6 Å². The summed E-state index contributed by atoms with van der Waals surface area (Å²) >= 11 is 1.39. The van der Waals surface area contributed by atoms with E-state index < -0.39 is 0 Å². The van der Waals surface area contributed by atoms with Gasteiger partial charge in [-0.2, -0.15) is 0 Å². The molecule has 1 aromatic carbocycles. The number of pyridine rings is 1. The summed E-state index contributed by atoms with van der Waals surface area (Å²) in [5.41, 5.74) is 0.788. The van der Waals surface area contributed by atoms with E-state index in [0.717, 1.165) is 43.9 Å². The number of carbonyl (C=O) groups is 1. The van der Waals surface area contributed by atoms with Crippen molar-refractivity contribution in [3.63, 3.8) is 0 Å². The van der Waals surface area contributed by atoms with Gasteiger partial charge in [-0.25, -0.2) is 9.37 Å². The minimum absolute atomic E-state index is 0.0840. The predicted octanol–water partition coefficient (Wildman–Crippen LogP) is 3.10. The lowest BCUT2D eigenvalue weighted by Gasteiger charge is -2.35. The van der Waals surface area contributed by atoms with Crippen LogP contribution in [0.3, 0.4) is 0 Å². The molecule has 1 amide bonds. The SMILES string of the molecule is O=C(CSc1nnc(-c2ccc(F)cc2)n1C[C@H]1CCCO1)N1CCN(c2ccccn2)CC1. The third-order valence-corrected chi connectivity index (χ3v) is 7.11. The van der Waals surface area contributed by atoms with E-state index in [0.29, 0.717) is 30.6 Å². The average Bonchev–Trinajstić information content (AvgIpc) is 3.54. The lowest BCUT2D eigenvalue weighted by Crippen LogP contribution is -2.49. The Morgan fingerprint density at radius 3 is 2.62 bits per heavy atom. The predicted molar refractivity (Wildman–Crippen MR) is 128 cm³/mol. The highest BCUT2D eigenvalue weighted by atomic mass is 32.2. The maximum Gasteiger partial charge on any atom is 0.233 e. The summed E-state index contributed by atoms with van der Waals surface area (Å²) < 4.78 is 21.3. The van der Waals surface area contributed by atoms with E-state index in [4.69, 9.17) is 4.74 Å². The minimum Gasteiger partial charge on any atom is -0.376 e. The van der Waals surface area contributed by atoms with Gasteiger partial charge in [-0.3, -0.25) is 9.36 Å². The molecule has 2 aromatic heterocycles. The zero-order valence-corrected chi connectivity index (χ0v) is 19.7. The van der Waals surface area contributed by atoms with Crippen LogP contribution in [-0.4, -0.2) is 75.2 Å². The van der Waals surface area contributed by atoms with Crippen molar-refractivity contribution in [3.8, 4) is 11.4 Å². The third-order valence-electron chi connectivity index (χ3n) is 6.16. The first kappa shape index (κ1) is 22.8. The van der Waals surface area contributed by atoms with Gasteiger partial charge in [0, 0.05) is 44.5 Å². The summed E-state index contributed by atoms with van der Waals surface area (Å²) in [6.45, 7) is 4.22. The first-order valence-electron chi connectivity index (χ1n) is 11.5. The number of piperazine rings is 1. The fourth-order valence-electron chi connectivity index (χ4n) is 4.31. The number of rotatable bonds is 7. The molecule has 0 unspecified atom stereocenters. The van der Waals surface area contributed by atoms with Crippen LogP contribution in [0.5, 0.6) is 0 Å². The standard InChI is InChI=1S/C24H27FN6O2S/c25-19-8-6-18(7-9-19)23-27-28-24(31(23)16-20-4-3-15-33-20)34-17-22(32)30-13-11-29(12-14-30)21-5-1-2-10-26-21/h1-2,5-10,20H,3-4,11-17H2/t20-/m1/s1. The summed E-state index contributed by atoms with van der Waals surface area (Å²) in [6.07, 6.45) is 3.88. The molecule has 2 aliphatic heterocycles. The van der Waals surface area contributed by atoms with Gasteiger partial charge in [-0.05, 0) is 49.2 Å². The molecule has 2 aliphatic rings. The molecule has 3 aromatic rings. The van der Waals surface area contributed by atoms with Crippen LogP contribution in [0.1, 0.15) is 12.8 Å². The van der Waals surface area contributed by atoms with Crippen molar-refractivity contribution in [1.29, 1.82) is 0 Å². The highest BCUT2D eigenvalue weighted by molar-refractivity contribution is 7.99. The Hall–Kier alpha value is -2.98. The second-order valence-electron chi connectivity index (χ2n) is 8.40. The van der Waals surface area contributed by atoms with E-state index in [1.165, 1.54) is 23.9 Å². The lowest BCUT2D eigenvalue weighted by molar-refractivity contribution is -0.128. The molecule has 2 fully saturated rings. The van der Waals surface area contributed by atoms with Gasteiger partial charge in [-0.1, -0.05) is 17.8 Å². The van der Waals surface area contributed by atoms with E-state index in [1.807, 2.05) is 27.7 Å². The van der Waals surface area contributed by atoms with Crippen molar-refractivity contribution in [1.82, 2.24) is 24.6 Å². The van der Waals surface area contributed by atoms with Crippen LogP contribution in [-0.2, 0) is 16.1 Å².